The Kier molecular flexibility index (Phi) is 4.72. The number of nitrogens with one attached hydrogen (secondary N) is 2. The molecule has 2 rings (SSSR count). The SMILES string of the molecule is COc1ccc(C2CC(=O)NN/C2=N\N=C(/C)C(=O)O)cc1. The van der Waals surface area contributed by atoms with Crippen molar-refractivity contribution in [1.29, 1.82) is 0 Å². The number of carboxylic acid groups (broad SMARTS) is 1. The van der Waals surface area contributed by atoms with Gasteiger partial charge in [0, 0.05) is 6.42 Å². The van der Waals surface area contributed by atoms with Crippen LogP contribution in [-0.4, -0.2) is 35.6 Å². The van der Waals surface area contributed by atoms with Gasteiger partial charge < -0.3 is 9.84 Å². The fraction of sp³-hybridized carbons (Fsp3) is 0.286. The van der Waals surface area contributed by atoms with Crippen molar-refractivity contribution < 1.29 is 19.4 Å². The zero-order valence-corrected chi connectivity index (χ0v) is 12.2. The molecule has 22 heavy (non-hydrogen) atoms. The molecule has 1 heterocycles. The van der Waals surface area contributed by atoms with E-state index in [0.29, 0.717) is 11.6 Å². The first-order valence-electron chi connectivity index (χ1n) is 6.55. The Hall–Kier alpha value is -2.90. The van der Waals surface area contributed by atoms with Crippen molar-refractivity contribution in [3.8, 4) is 5.75 Å². The standard InChI is InChI=1S/C14H16N4O4/c1-8(14(20)21)15-17-13-11(7-12(19)16-18-13)9-3-5-10(22-2)6-4-9/h3-6,11H,7H2,1-2H3,(H,16,19)(H,17,18)(H,20,21)/b15-8+. The normalized spacial score (nSPS) is 20.3. The van der Waals surface area contributed by atoms with Gasteiger partial charge in [-0.3, -0.25) is 15.6 Å². The van der Waals surface area contributed by atoms with E-state index in [9.17, 15) is 9.59 Å². The quantitative estimate of drug-likeness (QED) is 0.559. The van der Waals surface area contributed by atoms with Crippen LogP contribution in [0.5, 0.6) is 5.75 Å². The number of amides is 1. The highest BCUT2D eigenvalue weighted by molar-refractivity contribution is 6.34. The van der Waals surface area contributed by atoms with Gasteiger partial charge in [-0.1, -0.05) is 12.1 Å². The molecule has 1 aliphatic rings. The first-order chi connectivity index (χ1) is 10.5. The van der Waals surface area contributed by atoms with E-state index in [0.717, 1.165) is 5.56 Å². The van der Waals surface area contributed by atoms with Crippen molar-refractivity contribution in [1.82, 2.24) is 10.9 Å². The predicted molar refractivity (Wildman–Crippen MR) is 79.8 cm³/mol. The zero-order valence-electron chi connectivity index (χ0n) is 12.2. The molecule has 1 unspecified atom stereocenters. The predicted octanol–water partition coefficient (Wildman–Crippen LogP) is 0.662. The van der Waals surface area contributed by atoms with Gasteiger partial charge in [-0.2, -0.15) is 0 Å². The van der Waals surface area contributed by atoms with Crippen LogP contribution in [0.2, 0.25) is 0 Å². The number of amidine groups is 1. The van der Waals surface area contributed by atoms with E-state index >= 15 is 0 Å². The minimum absolute atomic E-state index is 0.139. The first-order valence-corrected chi connectivity index (χ1v) is 6.55. The summed E-state index contributed by atoms with van der Waals surface area (Å²) in [6.07, 6.45) is 0.194. The van der Waals surface area contributed by atoms with E-state index in [-0.39, 0.29) is 24.0 Å². The molecule has 3 N–H and O–H groups in total. The fourth-order valence-corrected chi connectivity index (χ4v) is 1.93. The second-order valence-corrected chi connectivity index (χ2v) is 4.68. The van der Waals surface area contributed by atoms with Crippen LogP contribution in [0.25, 0.3) is 0 Å². The molecule has 116 valence electrons. The lowest BCUT2D eigenvalue weighted by molar-refractivity contribution is -0.129. The topological polar surface area (TPSA) is 112 Å². The summed E-state index contributed by atoms with van der Waals surface area (Å²) >= 11 is 0. The summed E-state index contributed by atoms with van der Waals surface area (Å²) in [6, 6.07) is 7.22. The smallest absolute Gasteiger partial charge is 0.351 e. The molecule has 1 aromatic rings. The molecule has 1 fully saturated rings. The Labute approximate surface area is 126 Å². The van der Waals surface area contributed by atoms with Crippen LogP contribution in [0, 0.1) is 0 Å². The number of methoxy groups -OCH3 is 1. The van der Waals surface area contributed by atoms with Gasteiger partial charge in [-0.25, -0.2) is 4.79 Å². The van der Waals surface area contributed by atoms with E-state index in [1.54, 1.807) is 19.2 Å². The van der Waals surface area contributed by atoms with Crippen molar-refractivity contribution >= 4 is 23.4 Å². The Balaban J connectivity index is 2.30. The van der Waals surface area contributed by atoms with Crippen LogP contribution in [0.4, 0.5) is 0 Å². The molecule has 0 saturated carbocycles. The second kappa shape index (κ2) is 6.70. The summed E-state index contributed by atoms with van der Waals surface area (Å²) < 4.78 is 5.10. The van der Waals surface area contributed by atoms with Crippen LogP contribution in [0.3, 0.4) is 0 Å². The number of rotatable bonds is 4. The minimum atomic E-state index is -1.15. The van der Waals surface area contributed by atoms with Crippen molar-refractivity contribution in [3.05, 3.63) is 29.8 Å². The van der Waals surface area contributed by atoms with Crippen molar-refractivity contribution in [2.45, 2.75) is 19.3 Å². The van der Waals surface area contributed by atoms with Gasteiger partial charge in [0.2, 0.25) is 5.91 Å². The zero-order chi connectivity index (χ0) is 16.1. The van der Waals surface area contributed by atoms with Gasteiger partial charge in [0.15, 0.2) is 5.84 Å². The summed E-state index contributed by atoms with van der Waals surface area (Å²) in [5, 5.41) is 16.3. The number of carbonyl (C=O) groups excluding carboxylic acids is 1. The molecule has 0 bridgehead atoms. The average Bonchev–Trinajstić information content (AvgIpc) is 2.53. The number of benzene rings is 1. The van der Waals surface area contributed by atoms with E-state index in [1.807, 2.05) is 12.1 Å². The monoisotopic (exact) mass is 304 g/mol. The fourth-order valence-electron chi connectivity index (χ4n) is 1.93. The van der Waals surface area contributed by atoms with E-state index in [1.165, 1.54) is 6.92 Å². The second-order valence-electron chi connectivity index (χ2n) is 4.68. The number of nitrogens with zero attached hydrogens (tertiary/aromatic N) is 2. The minimum Gasteiger partial charge on any atom is -0.497 e. The van der Waals surface area contributed by atoms with Crippen LogP contribution in [0.1, 0.15) is 24.8 Å². The molecule has 1 saturated heterocycles. The number of hydrazine groups is 1. The van der Waals surface area contributed by atoms with Gasteiger partial charge in [0.1, 0.15) is 11.5 Å². The highest BCUT2D eigenvalue weighted by Crippen LogP contribution is 2.24. The highest BCUT2D eigenvalue weighted by atomic mass is 16.5. The lowest BCUT2D eigenvalue weighted by atomic mass is 9.93. The van der Waals surface area contributed by atoms with Crippen LogP contribution in [0.15, 0.2) is 34.5 Å². The van der Waals surface area contributed by atoms with Crippen molar-refractivity contribution in [2.24, 2.45) is 10.2 Å². The number of hydrogen-bond acceptors (Lipinski definition) is 5. The van der Waals surface area contributed by atoms with Crippen molar-refractivity contribution in [3.63, 3.8) is 0 Å². The van der Waals surface area contributed by atoms with Gasteiger partial charge in [0.05, 0.1) is 13.0 Å². The molecule has 0 aromatic heterocycles. The maximum absolute atomic E-state index is 11.6. The van der Waals surface area contributed by atoms with Crippen LogP contribution >= 0.6 is 0 Å². The van der Waals surface area contributed by atoms with Gasteiger partial charge in [0.25, 0.3) is 0 Å². The molecule has 1 aromatic carbocycles. The molecule has 1 atom stereocenters. The summed E-state index contributed by atoms with van der Waals surface area (Å²) in [4.78, 5) is 22.3. The maximum atomic E-state index is 11.6. The van der Waals surface area contributed by atoms with Gasteiger partial charge in [-0.05, 0) is 24.6 Å². The van der Waals surface area contributed by atoms with Crippen molar-refractivity contribution in [2.75, 3.05) is 7.11 Å². The number of aliphatic carboxylic acids is 1. The van der Waals surface area contributed by atoms with Gasteiger partial charge >= 0.3 is 5.97 Å². The molecule has 0 spiro atoms. The largest absolute Gasteiger partial charge is 0.497 e. The summed E-state index contributed by atoms with van der Waals surface area (Å²) in [5.74, 6) is -0.575. The highest BCUT2D eigenvalue weighted by Gasteiger charge is 2.27. The third-order valence-electron chi connectivity index (χ3n) is 3.18. The number of carboxylic acids is 1. The molecule has 0 aliphatic carbocycles. The third kappa shape index (κ3) is 3.60. The molecule has 0 radical (unpaired) electrons. The van der Waals surface area contributed by atoms with Crippen LogP contribution < -0.4 is 15.6 Å². The summed E-state index contributed by atoms with van der Waals surface area (Å²) in [5.41, 5.74) is 5.82. The summed E-state index contributed by atoms with van der Waals surface area (Å²) in [7, 11) is 1.57. The number of ether oxygens (including phenoxy) is 1. The summed E-state index contributed by atoms with van der Waals surface area (Å²) in [6.45, 7) is 1.34. The van der Waals surface area contributed by atoms with E-state index in [2.05, 4.69) is 21.1 Å². The molecule has 8 nitrogen and oxygen atoms in total. The Morgan fingerprint density at radius 3 is 2.59 bits per heavy atom. The molecular weight excluding hydrogens is 288 g/mol. The maximum Gasteiger partial charge on any atom is 0.351 e. The first kappa shape index (κ1) is 15.5. The molecule has 1 aliphatic heterocycles. The Morgan fingerprint density at radius 2 is 2.00 bits per heavy atom. The molecule has 1 amide bonds. The van der Waals surface area contributed by atoms with Crippen LogP contribution in [-0.2, 0) is 9.59 Å². The number of hydrogen-bond donors (Lipinski definition) is 3. The van der Waals surface area contributed by atoms with Gasteiger partial charge in [-0.15, -0.1) is 10.2 Å². The number of carbonyl (C=O) groups is 2. The molecule has 8 heteroatoms. The average molecular weight is 304 g/mol. The van der Waals surface area contributed by atoms with E-state index in [4.69, 9.17) is 9.84 Å². The lowest BCUT2D eigenvalue weighted by Crippen LogP contribution is -2.50. The lowest BCUT2D eigenvalue weighted by Gasteiger charge is -2.25. The molecular formula is C14H16N4O4. The van der Waals surface area contributed by atoms with E-state index < -0.39 is 5.97 Å². The Morgan fingerprint density at radius 1 is 1.32 bits per heavy atom. The Bertz CT molecular complexity index is 637. The third-order valence-corrected chi connectivity index (χ3v) is 3.18.